The van der Waals surface area contributed by atoms with Crippen LogP contribution in [0.3, 0.4) is 0 Å². The topological polar surface area (TPSA) is 52.6 Å². The Morgan fingerprint density at radius 3 is 1.44 bits per heavy atom. The van der Waals surface area contributed by atoms with Crippen LogP contribution in [0.15, 0.2) is 25.3 Å². The lowest BCUT2D eigenvalue weighted by Crippen LogP contribution is -1.99. The first-order valence-corrected chi connectivity index (χ1v) is 5.20. The van der Waals surface area contributed by atoms with Gasteiger partial charge in [-0.05, 0) is 12.8 Å². The van der Waals surface area contributed by atoms with E-state index in [-0.39, 0.29) is 11.9 Å². The molecule has 0 fully saturated rings. The third-order valence-corrected chi connectivity index (χ3v) is 1.23. The van der Waals surface area contributed by atoms with Crippen LogP contribution in [0, 0.1) is 0 Å². The summed E-state index contributed by atoms with van der Waals surface area (Å²) in [5.41, 5.74) is 0. The first kappa shape index (κ1) is 16.8. The highest BCUT2D eigenvalue weighted by Crippen LogP contribution is 1.81. The number of hydrogen-bond acceptors (Lipinski definition) is 4. The van der Waals surface area contributed by atoms with Crippen molar-refractivity contribution < 1.29 is 19.1 Å². The molecule has 0 bridgehead atoms. The van der Waals surface area contributed by atoms with Gasteiger partial charge >= 0.3 is 11.9 Å². The molecule has 0 aliphatic carbocycles. The Morgan fingerprint density at radius 2 is 1.25 bits per heavy atom. The maximum atomic E-state index is 10.2. The Labute approximate surface area is 96.9 Å². The van der Waals surface area contributed by atoms with Crippen molar-refractivity contribution in [3.8, 4) is 0 Å². The minimum atomic E-state index is -0.341. The summed E-state index contributed by atoms with van der Waals surface area (Å²) in [5, 5.41) is 0. The molecule has 0 aliphatic heterocycles. The third kappa shape index (κ3) is 14.9. The average Bonchev–Trinajstić information content (AvgIpc) is 2.33. The fourth-order valence-electron chi connectivity index (χ4n) is 0.523. The van der Waals surface area contributed by atoms with Gasteiger partial charge in [0.15, 0.2) is 0 Å². The van der Waals surface area contributed by atoms with Crippen LogP contribution in [0.2, 0.25) is 0 Å². The molecule has 4 nitrogen and oxygen atoms in total. The van der Waals surface area contributed by atoms with Gasteiger partial charge in [-0.1, -0.05) is 27.0 Å². The molecule has 0 saturated heterocycles. The van der Waals surface area contributed by atoms with E-state index in [4.69, 9.17) is 0 Å². The minimum absolute atomic E-state index is 0.341. The van der Waals surface area contributed by atoms with Crippen LogP contribution in [0.1, 0.15) is 26.7 Å². The molecule has 0 aromatic rings. The molecule has 0 spiro atoms. The van der Waals surface area contributed by atoms with Gasteiger partial charge in [0, 0.05) is 12.2 Å². The van der Waals surface area contributed by atoms with Crippen molar-refractivity contribution in [2.75, 3.05) is 13.2 Å². The van der Waals surface area contributed by atoms with Gasteiger partial charge in [-0.15, -0.1) is 0 Å². The number of esters is 2. The summed E-state index contributed by atoms with van der Waals surface area (Å²) in [7, 11) is 0. The largest absolute Gasteiger partial charge is 0.463 e. The zero-order valence-corrected chi connectivity index (χ0v) is 10.0. The van der Waals surface area contributed by atoms with Gasteiger partial charge in [0.1, 0.15) is 0 Å². The second-order valence-corrected chi connectivity index (χ2v) is 2.74. The highest BCUT2D eigenvalue weighted by Gasteiger charge is 1.90. The number of carbonyl (C=O) groups is 2. The summed E-state index contributed by atoms with van der Waals surface area (Å²) in [6, 6.07) is 0. The molecule has 0 radical (unpaired) electrons. The van der Waals surface area contributed by atoms with Crippen molar-refractivity contribution in [3.05, 3.63) is 25.3 Å². The molecule has 0 amide bonds. The summed E-state index contributed by atoms with van der Waals surface area (Å²) in [6.45, 7) is 11.3. The van der Waals surface area contributed by atoms with Crippen LogP contribution < -0.4 is 0 Å². The van der Waals surface area contributed by atoms with Crippen LogP contribution in [0.5, 0.6) is 0 Å². The zero-order valence-electron chi connectivity index (χ0n) is 10.0. The van der Waals surface area contributed by atoms with E-state index in [0.29, 0.717) is 13.2 Å². The number of hydrogen-bond donors (Lipinski definition) is 0. The van der Waals surface area contributed by atoms with E-state index in [2.05, 4.69) is 22.6 Å². The lowest BCUT2D eigenvalue weighted by Gasteiger charge is -1.94. The molecule has 0 unspecified atom stereocenters. The molecular formula is C12H20O4. The minimum Gasteiger partial charge on any atom is -0.463 e. The number of rotatable bonds is 6. The van der Waals surface area contributed by atoms with E-state index >= 15 is 0 Å². The molecule has 0 heterocycles. The Morgan fingerprint density at radius 1 is 0.938 bits per heavy atom. The van der Waals surface area contributed by atoms with Crippen LogP contribution >= 0.6 is 0 Å². The quantitative estimate of drug-likeness (QED) is 0.517. The maximum Gasteiger partial charge on any atom is 0.330 e. The molecule has 0 rings (SSSR count). The third-order valence-electron chi connectivity index (χ3n) is 1.23. The Bertz CT molecular complexity index is 197. The predicted molar refractivity (Wildman–Crippen MR) is 62.9 cm³/mol. The van der Waals surface area contributed by atoms with Crippen LogP contribution in [-0.2, 0) is 19.1 Å². The molecule has 0 saturated carbocycles. The lowest BCUT2D eigenvalue weighted by molar-refractivity contribution is -0.138. The summed E-state index contributed by atoms with van der Waals surface area (Å²) >= 11 is 0. The normalized spacial score (nSPS) is 8.12. The van der Waals surface area contributed by atoms with Crippen LogP contribution in [0.4, 0.5) is 0 Å². The molecule has 0 aromatic carbocycles. The highest BCUT2D eigenvalue weighted by molar-refractivity contribution is 5.81. The fraction of sp³-hybridized carbons (Fsp3) is 0.500. The smallest absolute Gasteiger partial charge is 0.330 e. The van der Waals surface area contributed by atoms with E-state index in [1.54, 1.807) is 0 Å². The zero-order chi connectivity index (χ0) is 12.8. The summed E-state index contributed by atoms with van der Waals surface area (Å²) in [4.78, 5) is 20.5. The Hall–Kier alpha value is -1.58. The Kier molecular flexibility index (Phi) is 14.1. The molecule has 4 heteroatoms. The SMILES string of the molecule is C=CC(=O)OCCC.C=CC(=O)OCCC. The van der Waals surface area contributed by atoms with Crippen molar-refractivity contribution in [2.45, 2.75) is 26.7 Å². The van der Waals surface area contributed by atoms with Crippen molar-refractivity contribution in [1.29, 1.82) is 0 Å². The van der Waals surface area contributed by atoms with E-state index in [0.717, 1.165) is 25.0 Å². The van der Waals surface area contributed by atoms with Gasteiger partial charge in [-0.3, -0.25) is 0 Å². The van der Waals surface area contributed by atoms with E-state index in [1.807, 2.05) is 13.8 Å². The molecule has 16 heavy (non-hydrogen) atoms. The average molecular weight is 228 g/mol. The fourth-order valence-corrected chi connectivity index (χ4v) is 0.523. The molecule has 0 aromatic heterocycles. The van der Waals surface area contributed by atoms with E-state index in [1.165, 1.54) is 0 Å². The molecule has 0 N–H and O–H groups in total. The molecule has 0 aliphatic rings. The second-order valence-electron chi connectivity index (χ2n) is 2.74. The van der Waals surface area contributed by atoms with Gasteiger partial charge in [0.05, 0.1) is 13.2 Å². The highest BCUT2D eigenvalue weighted by atomic mass is 16.5. The first-order valence-electron chi connectivity index (χ1n) is 5.20. The van der Waals surface area contributed by atoms with Crippen LogP contribution in [-0.4, -0.2) is 25.2 Å². The van der Waals surface area contributed by atoms with E-state index < -0.39 is 0 Å². The second kappa shape index (κ2) is 13.4. The van der Waals surface area contributed by atoms with Crippen LogP contribution in [0.25, 0.3) is 0 Å². The molecular weight excluding hydrogens is 208 g/mol. The Balaban J connectivity index is 0. The number of ether oxygens (including phenoxy) is 2. The van der Waals surface area contributed by atoms with Crippen molar-refractivity contribution >= 4 is 11.9 Å². The molecule has 92 valence electrons. The summed E-state index contributed by atoms with van der Waals surface area (Å²) in [6.07, 6.45) is 4.05. The monoisotopic (exact) mass is 228 g/mol. The lowest BCUT2D eigenvalue weighted by atomic mass is 10.5. The first-order chi connectivity index (χ1) is 7.62. The summed E-state index contributed by atoms with van der Waals surface area (Å²) in [5.74, 6) is -0.682. The van der Waals surface area contributed by atoms with E-state index in [9.17, 15) is 9.59 Å². The van der Waals surface area contributed by atoms with Crippen molar-refractivity contribution in [1.82, 2.24) is 0 Å². The van der Waals surface area contributed by atoms with Gasteiger partial charge in [-0.2, -0.15) is 0 Å². The van der Waals surface area contributed by atoms with Gasteiger partial charge in [0.2, 0.25) is 0 Å². The standard InChI is InChI=1S/2C6H10O2/c2*1-3-5-8-6(7)4-2/h2*4H,2-3,5H2,1H3. The van der Waals surface area contributed by atoms with Gasteiger partial charge in [0.25, 0.3) is 0 Å². The van der Waals surface area contributed by atoms with Gasteiger partial charge in [-0.25, -0.2) is 9.59 Å². The predicted octanol–water partition coefficient (Wildman–Crippen LogP) is 2.25. The number of carbonyl (C=O) groups excluding carboxylic acids is 2. The summed E-state index contributed by atoms with van der Waals surface area (Å²) < 4.78 is 9.17. The van der Waals surface area contributed by atoms with Gasteiger partial charge < -0.3 is 9.47 Å². The van der Waals surface area contributed by atoms with Crippen molar-refractivity contribution in [3.63, 3.8) is 0 Å². The molecule has 0 atom stereocenters. The van der Waals surface area contributed by atoms with Crippen molar-refractivity contribution in [2.24, 2.45) is 0 Å². The maximum absolute atomic E-state index is 10.2.